The molecule has 1 unspecified atom stereocenters. The molecule has 0 saturated carbocycles. The van der Waals surface area contributed by atoms with E-state index in [2.05, 4.69) is 4.72 Å². The second-order valence-electron chi connectivity index (χ2n) is 7.52. The monoisotopic (exact) mass is 422 g/mol. The van der Waals surface area contributed by atoms with Crippen LogP contribution in [0.4, 0.5) is 4.39 Å². The fraction of sp³-hybridized carbons (Fsp3) is 0.350. The molecule has 0 radical (unpaired) electrons. The lowest BCUT2D eigenvalue weighted by atomic mass is 9.84. The van der Waals surface area contributed by atoms with Crippen molar-refractivity contribution in [2.24, 2.45) is 5.73 Å². The molecule has 1 heterocycles. The van der Waals surface area contributed by atoms with Crippen LogP contribution in [0.1, 0.15) is 31.7 Å². The number of halogens is 1. The highest BCUT2D eigenvalue weighted by molar-refractivity contribution is 7.89. The van der Waals surface area contributed by atoms with Crippen LogP contribution in [-0.4, -0.2) is 33.1 Å². The van der Waals surface area contributed by atoms with Crippen LogP contribution in [0, 0.1) is 5.82 Å². The van der Waals surface area contributed by atoms with Gasteiger partial charge < -0.3 is 15.2 Å². The Morgan fingerprint density at radius 1 is 1.28 bits per heavy atom. The van der Waals surface area contributed by atoms with E-state index in [-0.39, 0.29) is 24.0 Å². The van der Waals surface area contributed by atoms with E-state index in [0.29, 0.717) is 17.9 Å². The number of amides is 1. The molecule has 9 heteroatoms. The van der Waals surface area contributed by atoms with Crippen LogP contribution >= 0.6 is 0 Å². The van der Waals surface area contributed by atoms with Gasteiger partial charge >= 0.3 is 0 Å². The molecule has 2 aromatic carbocycles. The molecule has 156 valence electrons. The van der Waals surface area contributed by atoms with Gasteiger partial charge in [-0.3, -0.25) is 4.79 Å². The summed E-state index contributed by atoms with van der Waals surface area (Å²) in [5, 5.41) is 0. The molecule has 0 fully saturated rings. The maximum Gasteiger partial charge on any atom is 0.255 e. The maximum absolute atomic E-state index is 13.1. The van der Waals surface area contributed by atoms with Crippen molar-refractivity contribution in [3.63, 3.8) is 0 Å². The van der Waals surface area contributed by atoms with E-state index in [1.54, 1.807) is 18.2 Å². The fourth-order valence-electron chi connectivity index (χ4n) is 3.32. The number of rotatable bonds is 7. The predicted octanol–water partition coefficient (Wildman–Crippen LogP) is 2.31. The van der Waals surface area contributed by atoms with E-state index >= 15 is 0 Å². The number of carbonyl (C=O) groups is 1. The zero-order valence-electron chi connectivity index (χ0n) is 16.1. The third-order valence-corrected chi connectivity index (χ3v) is 6.01. The van der Waals surface area contributed by atoms with Gasteiger partial charge in [0.05, 0.1) is 4.90 Å². The third-order valence-electron chi connectivity index (χ3n) is 4.57. The van der Waals surface area contributed by atoms with Gasteiger partial charge in [-0.05, 0) is 56.2 Å². The fourth-order valence-corrected chi connectivity index (χ4v) is 4.40. The number of benzene rings is 2. The van der Waals surface area contributed by atoms with Crippen molar-refractivity contribution in [2.75, 3.05) is 13.2 Å². The Morgan fingerprint density at radius 2 is 1.97 bits per heavy atom. The van der Waals surface area contributed by atoms with Gasteiger partial charge in [0, 0.05) is 18.5 Å². The summed E-state index contributed by atoms with van der Waals surface area (Å²) in [6.45, 7) is 3.73. The first-order valence-corrected chi connectivity index (χ1v) is 10.5. The van der Waals surface area contributed by atoms with Gasteiger partial charge in [-0.2, -0.15) is 0 Å². The highest BCUT2D eigenvalue weighted by Gasteiger charge is 2.34. The first-order chi connectivity index (χ1) is 13.6. The second-order valence-corrected chi connectivity index (χ2v) is 9.29. The van der Waals surface area contributed by atoms with Gasteiger partial charge in [-0.15, -0.1) is 0 Å². The Bertz CT molecular complexity index is 1010. The highest BCUT2D eigenvalue weighted by atomic mass is 32.2. The van der Waals surface area contributed by atoms with Crippen molar-refractivity contribution in [1.82, 2.24) is 4.72 Å². The molecule has 0 aliphatic carbocycles. The van der Waals surface area contributed by atoms with Gasteiger partial charge in [0.15, 0.2) is 6.61 Å². The van der Waals surface area contributed by atoms with Crippen LogP contribution < -0.4 is 19.9 Å². The van der Waals surface area contributed by atoms with E-state index in [4.69, 9.17) is 15.2 Å². The minimum absolute atomic E-state index is 0.000595. The van der Waals surface area contributed by atoms with Gasteiger partial charge in [-0.25, -0.2) is 17.5 Å². The topological polar surface area (TPSA) is 108 Å². The molecule has 0 bridgehead atoms. The number of nitrogens with one attached hydrogen (secondary N) is 1. The van der Waals surface area contributed by atoms with E-state index in [1.807, 2.05) is 13.8 Å². The Balaban J connectivity index is 1.79. The lowest BCUT2D eigenvalue weighted by Gasteiger charge is -2.37. The summed E-state index contributed by atoms with van der Waals surface area (Å²) in [5.74, 6) is -0.232. The molecular formula is C20H23FN2O5S. The van der Waals surface area contributed by atoms with Gasteiger partial charge in [0.1, 0.15) is 22.9 Å². The molecule has 0 aromatic heterocycles. The number of nitrogens with two attached hydrogens (primary N) is 1. The molecule has 1 atom stereocenters. The molecule has 0 saturated heterocycles. The highest BCUT2D eigenvalue weighted by Crippen LogP contribution is 2.42. The molecule has 1 aliphatic rings. The number of fused-ring (bicyclic) bond motifs is 1. The quantitative estimate of drug-likeness (QED) is 0.712. The number of sulfonamides is 1. The van der Waals surface area contributed by atoms with Crippen molar-refractivity contribution in [2.45, 2.75) is 36.7 Å². The van der Waals surface area contributed by atoms with Gasteiger partial charge in [0.25, 0.3) is 5.91 Å². The number of primary amides is 1. The van der Waals surface area contributed by atoms with Crippen LogP contribution in [0.25, 0.3) is 0 Å². The third kappa shape index (κ3) is 5.24. The number of ether oxygens (including phenoxy) is 2. The summed E-state index contributed by atoms with van der Waals surface area (Å²) in [7, 11) is -3.78. The van der Waals surface area contributed by atoms with Crippen LogP contribution in [0.3, 0.4) is 0 Å². The van der Waals surface area contributed by atoms with E-state index in [9.17, 15) is 17.6 Å². The van der Waals surface area contributed by atoms with E-state index in [0.717, 1.165) is 17.7 Å². The van der Waals surface area contributed by atoms with E-state index < -0.39 is 27.3 Å². The van der Waals surface area contributed by atoms with Crippen molar-refractivity contribution >= 4 is 15.9 Å². The minimum atomic E-state index is -3.78. The largest absolute Gasteiger partial charge is 0.487 e. The lowest BCUT2D eigenvalue weighted by Crippen LogP contribution is -2.39. The van der Waals surface area contributed by atoms with Gasteiger partial charge in [0.2, 0.25) is 10.0 Å². The summed E-state index contributed by atoms with van der Waals surface area (Å²) in [6.07, 6.45) is 0.591. The molecular weight excluding hydrogens is 399 g/mol. The van der Waals surface area contributed by atoms with Crippen LogP contribution in [0.5, 0.6) is 11.5 Å². The summed E-state index contributed by atoms with van der Waals surface area (Å²) in [6, 6.07) is 9.80. The molecule has 0 spiro atoms. The lowest BCUT2D eigenvalue weighted by molar-refractivity contribution is -0.119. The predicted molar refractivity (Wildman–Crippen MR) is 105 cm³/mol. The Kier molecular flexibility index (Phi) is 5.81. The van der Waals surface area contributed by atoms with E-state index in [1.165, 1.54) is 12.1 Å². The molecule has 1 aliphatic heterocycles. The number of hydrogen-bond acceptors (Lipinski definition) is 5. The molecule has 3 N–H and O–H groups in total. The Hall–Kier alpha value is -2.65. The number of hydrogen-bond donors (Lipinski definition) is 2. The Morgan fingerprint density at radius 3 is 2.62 bits per heavy atom. The minimum Gasteiger partial charge on any atom is -0.487 e. The first kappa shape index (κ1) is 21.1. The van der Waals surface area contributed by atoms with Crippen LogP contribution in [-0.2, 0) is 14.8 Å². The molecule has 29 heavy (non-hydrogen) atoms. The van der Waals surface area contributed by atoms with Crippen LogP contribution in [0.2, 0.25) is 0 Å². The SMILES string of the molecule is CC1(C)CC(CNS(=O)(=O)c2ccc(F)cc2)c2ccc(OCC(N)=O)cc2O1. The average molecular weight is 422 g/mol. The molecule has 3 rings (SSSR count). The average Bonchev–Trinajstić information content (AvgIpc) is 2.63. The second kappa shape index (κ2) is 8.00. The zero-order valence-corrected chi connectivity index (χ0v) is 17.0. The normalized spacial score (nSPS) is 17.8. The van der Waals surface area contributed by atoms with Crippen LogP contribution in [0.15, 0.2) is 47.4 Å². The summed E-state index contributed by atoms with van der Waals surface area (Å²) in [5.41, 5.74) is 5.40. The summed E-state index contributed by atoms with van der Waals surface area (Å²) in [4.78, 5) is 10.9. The molecule has 2 aromatic rings. The summed E-state index contributed by atoms with van der Waals surface area (Å²) >= 11 is 0. The number of carbonyl (C=O) groups excluding carboxylic acids is 1. The van der Waals surface area contributed by atoms with Crippen molar-refractivity contribution in [1.29, 1.82) is 0 Å². The van der Waals surface area contributed by atoms with Crippen molar-refractivity contribution < 1.29 is 27.1 Å². The molecule has 7 nitrogen and oxygen atoms in total. The van der Waals surface area contributed by atoms with Gasteiger partial charge in [-0.1, -0.05) is 6.07 Å². The molecule has 1 amide bonds. The first-order valence-electron chi connectivity index (χ1n) is 9.05. The Labute approximate surface area is 169 Å². The standard InChI is InChI=1S/C20H23FN2O5S/c1-20(2)10-13(11-23-29(25,26)16-6-3-14(21)4-7-16)17-8-5-15(9-18(17)28-20)27-12-19(22)24/h3-9,13,23H,10-12H2,1-2H3,(H2,22,24). The smallest absolute Gasteiger partial charge is 0.255 e. The zero-order chi connectivity index (χ0) is 21.2. The maximum atomic E-state index is 13.1. The van der Waals surface area contributed by atoms with Crippen molar-refractivity contribution in [3.05, 3.63) is 53.8 Å². The van der Waals surface area contributed by atoms with Crippen molar-refractivity contribution in [3.8, 4) is 11.5 Å². The summed E-state index contributed by atoms with van der Waals surface area (Å²) < 4.78 is 52.1.